The lowest BCUT2D eigenvalue weighted by atomic mass is 10.1. The molecule has 0 saturated heterocycles. The van der Waals surface area contributed by atoms with E-state index in [1.54, 1.807) is 12.4 Å². The second kappa shape index (κ2) is 4.86. The molecule has 0 aliphatic heterocycles. The summed E-state index contributed by atoms with van der Waals surface area (Å²) in [4.78, 5) is 4.44. The predicted octanol–water partition coefficient (Wildman–Crippen LogP) is 2.32. The Labute approximate surface area is 110 Å². The number of aromatic nitrogens is 2. The van der Waals surface area contributed by atoms with Crippen LogP contribution in [0, 0.1) is 19.7 Å². The van der Waals surface area contributed by atoms with Crippen LogP contribution in [0.2, 0.25) is 0 Å². The highest BCUT2D eigenvalue weighted by molar-refractivity contribution is 7.80. The summed E-state index contributed by atoms with van der Waals surface area (Å²) in [6.07, 6.45) is 1.76. The van der Waals surface area contributed by atoms with Gasteiger partial charge >= 0.3 is 0 Å². The van der Waals surface area contributed by atoms with Gasteiger partial charge in [0.1, 0.15) is 10.8 Å². The smallest absolute Gasteiger partial charge is 0.123 e. The molecule has 1 heterocycles. The fraction of sp³-hybridized carbons (Fsp3) is 0.231. The number of benzene rings is 1. The Hall–Kier alpha value is -1.75. The van der Waals surface area contributed by atoms with Crippen molar-refractivity contribution in [2.75, 3.05) is 0 Å². The van der Waals surface area contributed by atoms with Gasteiger partial charge in [0, 0.05) is 17.8 Å². The van der Waals surface area contributed by atoms with Crippen LogP contribution in [0.15, 0.2) is 24.5 Å². The highest BCUT2D eigenvalue weighted by atomic mass is 32.1. The first kappa shape index (κ1) is 12.7. The van der Waals surface area contributed by atoms with Gasteiger partial charge < -0.3 is 10.3 Å². The zero-order chi connectivity index (χ0) is 13.3. The molecular formula is C13H14FN3S. The fourth-order valence-corrected chi connectivity index (χ4v) is 1.99. The summed E-state index contributed by atoms with van der Waals surface area (Å²) >= 11 is 4.95. The minimum atomic E-state index is -0.333. The van der Waals surface area contributed by atoms with Gasteiger partial charge in [-0.2, -0.15) is 0 Å². The van der Waals surface area contributed by atoms with Gasteiger partial charge in [0.25, 0.3) is 0 Å². The summed E-state index contributed by atoms with van der Waals surface area (Å²) in [5, 5.41) is 0. The molecule has 2 N–H and O–H groups in total. The zero-order valence-electron chi connectivity index (χ0n) is 10.3. The molecule has 94 valence electrons. The molecule has 0 fully saturated rings. The first-order chi connectivity index (χ1) is 8.49. The van der Waals surface area contributed by atoms with Crippen molar-refractivity contribution in [3.05, 3.63) is 52.9 Å². The Morgan fingerprint density at radius 2 is 2.17 bits per heavy atom. The molecule has 0 amide bonds. The first-order valence-electron chi connectivity index (χ1n) is 5.55. The zero-order valence-corrected chi connectivity index (χ0v) is 11.1. The monoisotopic (exact) mass is 263 g/mol. The maximum Gasteiger partial charge on any atom is 0.123 e. The number of thiocarbonyl (C=S) groups is 1. The fourth-order valence-electron chi connectivity index (χ4n) is 1.80. The molecule has 0 aliphatic carbocycles. The van der Waals surface area contributed by atoms with Crippen LogP contribution in [0.1, 0.15) is 22.5 Å². The lowest BCUT2D eigenvalue weighted by Crippen LogP contribution is -2.14. The molecule has 5 heteroatoms. The summed E-state index contributed by atoms with van der Waals surface area (Å²) in [6.45, 7) is 4.52. The molecule has 0 spiro atoms. The van der Waals surface area contributed by atoms with Gasteiger partial charge in [-0.3, -0.25) is 0 Å². The van der Waals surface area contributed by atoms with E-state index in [-0.39, 0.29) is 10.8 Å². The molecule has 0 radical (unpaired) electrons. The number of hydrogen-bond acceptors (Lipinski definition) is 2. The second-order valence-electron chi connectivity index (χ2n) is 4.21. The van der Waals surface area contributed by atoms with Gasteiger partial charge in [-0.25, -0.2) is 9.37 Å². The molecule has 0 saturated carbocycles. The first-order valence-corrected chi connectivity index (χ1v) is 5.96. The lowest BCUT2D eigenvalue weighted by Gasteiger charge is -2.10. The van der Waals surface area contributed by atoms with Crippen molar-refractivity contribution >= 4 is 17.2 Å². The second-order valence-corrected chi connectivity index (χ2v) is 4.65. The Balaban J connectivity index is 2.40. The van der Waals surface area contributed by atoms with E-state index in [0.29, 0.717) is 12.1 Å². The number of rotatable bonds is 3. The Morgan fingerprint density at radius 1 is 1.44 bits per heavy atom. The Bertz CT molecular complexity index is 604. The molecule has 0 atom stereocenters. The molecule has 2 aromatic rings. The highest BCUT2D eigenvalue weighted by Crippen LogP contribution is 2.15. The van der Waals surface area contributed by atoms with Crippen molar-refractivity contribution in [1.29, 1.82) is 0 Å². The average molecular weight is 263 g/mol. The third-order valence-electron chi connectivity index (χ3n) is 3.02. The Morgan fingerprint density at radius 3 is 2.72 bits per heavy atom. The maximum absolute atomic E-state index is 13.2. The average Bonchev–Trinajstić information content (AvgIpc) is 2.63. The third-order valence-corrected chi connectivity index (χ3v) is 3.24. The molecule has 0 aliphatic rings. The van der Waals surface area contributed by atoms with Gasteiger partial charge in [-0.15, -0.1) is 0 Å². The highest BCUT2D eigenvalue weighted by Gasteiger charge is 2.09. The maximum atomic E-state index is 13.2. The minimum absolute atomic E-state index is 0.207. The van der Waals surface area contributed by atoms with Gasteiger partial charge in [0.05, 0.1) is 12.0 Å². The summed E-state index contributed by atoms with van der Waals surface area (Å²) in [7, 11) is 0. The van der Waals surface area contributed by atoms with Crippen LogP contribution >= 0.6 is 12.2 Å². The summed E-state index contributed by atoms with van der Waals surface area (Å²) in [6, 6.07) is 4.49. The van der Waals surface area contributed by atoms with Crippen LogP contribution in [0.4, 0.5) is 4.39 Å². The van der Waals surface area contributed by atoms with Crippen LogP contribution in [0.5, 0.6) is 0 Å². The van der Waals surface area contributed by atoms with Gasteiger partial charge in [-0.1, -0.05) is 18.3 Å². The summed E-state index contributed by atoms with van der Waals surface area (Å²) < 4.78 is 15.2. The van der Waals surface area contributed by atoms with Crippen LogP contribution < -0.4 is 5.73 Å². The molecule has 18 heavy (non-hydrogen) atoms. The number of aryl methyl sites for hydroxylation is 1. The van der Waals surface area contributed by atoms with E-state index < -0.39 is 0 Å². The van der Waals surface area contributed by atoms with Crippen molar-refractivity contribution in [2.45, 2.75) is 20.4 Å². The lowest BCUT2D eigenvalue weighted by molar-refractivity contribution is 0.625. The van der Waals surface area contributed by atoms with Crippen LogP contribution in [-0.4, -0.2) is 14.5 Å². The Kier molecular flexibility index (Phi) is 3.43. The third kappa shape index (κ3) is 2.41. The van der Waals surface area contributed by atoms with Gasteiger partial charge in [-0.05, 0) is 31.5 Å². The van der Waals surface area contributed by atoms with Gasteiger partial charge in [0.15, 0.2) is 0 Å². The number of halogens is 1. The molecule has 1 aromatic heterocycles. The van der Waals surface area contributed by atoms with Gasteiger partial charge in [0.2, 0.25) is 0 Å². The topological polar surface area (TPSA) is 43.8 Å². The number of imidazole rings is 1. The number of nitrogens with zero attached hydrogens (tertiary/aromatic N) is 2. The molecule has 2 rings (SSSR count). The van der Waals surface area contributed by atoms with E-state index in [1.165, 1.54) is 12.1 Å². The normalized spacial score (nSPS) is 10.6. The van der Waals surface area contributed by atoms with E-state index in [0.717, 1.165) is 17.0 Å². The molecule has 0 bridgehead atoms. The predicted molar refractivity (Wildman–Crippen MR) is 73.1 cm³/mol. The minimum Gasteiger partial charge on any atom is -0.389 e. The van der Waals surface area contributed by atoms with Crippen LogP contribution in [-0.2, 0) is 6.54 Å². The van der Waals surface area contributed by atoms with Crippen LogP contribution in [0.3, 0.4) is 0 Å². The van der Waals surface area contributed by atoms with E-state index in [9.17, 15) is 4.39 Å². The van der Waals surface area contributed by atoms with E-state index in [1.807, 2.05) is 18.4 Å². The standard InChI is InChI=1S/C13H14FN3S/c1-8-9(2)17(7-16-8)6-10-3-4-11(14)5-12(10)13(15)18/h3-5,7H,6H2,1-2H3,(H2,15,18). The summed E-state index contributed by atoms with van der Waals surface area (Å²) in [5.74, 6) is -0.333. The molecule has 3 nitrogen and oxygen atoms in total. The van der Waals surface area contributed by atoms with Crippen molar-refractivity contribution in [3.8, 4) is 0 Å². The van der Waals surface area contributed by atoms with E-state index in [4.69, 9.17) is 18.0 Å². The van der Waals surface area contributed by atoms with Crippen molar-refractivity contribution < 1.29 is 4.39 Å². The van der Waals surface area contributed by atoms with Crippen molar-refractivity contribution in [1.82, 2.24) is 9.55 Å². The van der Waals surface area contributed by atoms with Crippen LogP contribution in [0.25, 0.3) is 0 Å². The molecular weight excluding hydrogens is 249 g/mol. The molecule has 1 aromatic carbocycles. The van der Waals surface area contributed by atoms with E-state index in [2.05, 4.69) is 4.98 Å². The number of hydrogen-bond donors (Lipinski definition) is 1. The van der Waals surface area contributed by atoms with E-state index >= 15 is 0 Å². The largest absolute Gasteiger partial charge is 0.389 e. The molecule has 0 unspecified atom stereocenters. The summed E-state index contributed by atoms with van der Waals surface area (Å²) in [5.41, 5.74) is 9.15. The quantitative estimate of drug-likeness (QED) is 0.864. The van der Waals surface area contributed by atoms with Crippen molar-refractivity contribution in [3.63, 3.8) is 0 Å². The SMILES string of the molecule is Cc1ncn(Cc2ccc(F)cc2C(N)=S)c1C. The van der Waals surface area contributed by atoms with Crippen molar-refractivity contribution in [2.24, 2.45) is 5.73 Å². The number of nitrogens with two attached hydrogens (primary N) is 1.